The van der Waals surface area contributed by atoms with Gasteiger partial charge in [0.15, 0.2) is 0 Å². The fourth-order valence-electron chi connectivity index (χ4n) is 2.08. The first kappa shape index (κ1) is 19.4. The van der Waals surface area contributed by atoms with E-state index in [9.17, 15) is 23.3 Å². The summed E-state index contributed by atoms with van der Waals surface area (Å²) in [6.07, 6.45) is 0.798. The van der Waals surface area contributed by atoms with Gasteiger partial charge in [0.1, 0.15) is 0 Å². The largest absolute Gasteiger partial charge is 0.350 e. The van der Waals surface area contributed by atoms with Crippen LogP contribution in [0.25, 0.3) is 0 Å². The number of nitrogens with one attached hydrogen (secondary N) is 2. The van der Waals surface area contributed by atoms with E-state index in [2.05, 4.69) is 10.0 Å². The molecule has 0 aliphatic rings. The Bertz CT molecular complexity index is 910. The Hall–Kier alpha value is -2.94. The number of nitro groups is 1. The molecular weight excluding hydrogens is 358 g/mol. The Morgan fingerprint density at radius 3 is 2.42 bits per heavy atom. The van der Waals surface area contributed by atoms with Gasteiger partial charge in [0.25, 0.3) is 21.6 Å². The zero-order valence-corrected chi connectivity index (χ0v) is 15.1. The maximum atomic E-state index is 12.4. The van der Waals surface area contributed by atoms with E-state index in [0.717, 1.165) is 12.5 Å². The zero-order chi connectivity index (χ0) is 19.3. The average Bonchev–Trinajstić information content (AvgIpc) is 2.61. The summed E-state index contributed by atoms with van der Waals surface area (Å²) >= 11 is 0. The summed E-state index contributed by atoms with van der Waals surface area (Å²) < 4.78 is 27.1. The number of nitrogens with zero attached hydrogens (tertiary/aromatic N) is 1. The number of rotatable bonds is 7. The monoisotopic (exact) mass is 377 g/mol. The summed E-state index contributed by atoms with van der Waals surface area (Å²) in [5.74, 6) is -0.243. The van der Waals surface area contributed by atoms with Crippen molar-refractivity contribution in [1.82, 2.24) is 5.32 Å². The van der Waals surface area contributed by atoms with E-state index in [1.807, 2.05) is 13.8 Å². The first-order chi connectivity index (χ1) is 12.2. The predicted molar refractivity (Wildman–Crippen MR) is 97.6 cm³/mol. The molecule has 1 atom stereocenters. The van der Waals surface area contributed by atoms with Crippen LogP contribution in [0.3, 0.4) is 0 Å². The van der Waals surface area contributed by atoms with Crippen molar-refractivity contribution < 1.29 is 18.1 Å². The van der Waals surface area contributed by atoms with Gasteiger partial charge in [0.2, 0.25) is 0 Å². The van der Waals surface area contributed by atoms with Crippen molar-refractivity contribution in [1.29, 1.82) is 0 Å². The summed E-state index contributed by atoms with van der Waals surface area (Å²) in [6, 6.07) is 10.7. The van der Waals surface area contributed by atoms with Gasteiger partial charge in [-0.3, -0.25) is 19.6 Å². The van der Waals surface area contributed by atoms with Gasteiger partial charge in [0.05, 0.1) is 9.82 Å². The second-order valence-corrected chi connectivity index (χ2v) is 7.40. The fourth-order valence-corrected chi connectivity index (χ4v) is 3.17. The van der Waals surface area contributed by atoms with Gasteiger partial charge in [0, 0.05) is 29.4 Å². The molecule has 0 aliphatic carbocycles. The molecule has 0 spiro atoms. The molecule has 0 heterocycles. The number of benzene rings is 2. The fraction of sp³-hybridized carbons (Fsp3) is 0.235. The summed E-state index contributed by atoms with van der Waals surface area (Å²) in [6.45, 7) is 3.84. The normalized spacial score (nSPS) is 12.2. The first-order valence-corrected chi connectivity index (χ1v) is 9.39. The first-order valence-electron chi connectivity index (χ1n) is 7.91. The van der Waals surface area contributed by atoms with Crippen molar-refractivity contribution in [2.45, 2.75) is 31.2 Å². The number of carbonyl (C=O) groups excluding carboxylic acids is 1. The predicted octanol–water partition coefficient (Wildman–Crippen LogP) is 2.92. The maximum absolute atomic E-state index is 12.4. The molecule has 2 rings (SSSR count). The molecule has 0 saturated heterocycles. The molecule has 0 radical (unpaired) electrons. The smallest absolute Gasteiger partial charge is 0.270 e. The topological polar surface area (TPSA) is 118 Å². The third-order valence-electron chi connectivity index (χ3n) is 3.73. The minimum atomic E-state index is -3.98. The average molecular weight is 377 g/mol. The van der Waals surface area contributed by atoms with Crippen LogP contribution in [0.4, 0.5) is 11.4 Å². The lowest BCUT2D eigenvalue weighted by Gasteiger charge is -2.12. The van der Waals surface area contributed by atoms with E-state index in [0.29, 0.717) is 5.56 Å². The Morgan fingerprint density at radius 2 is 1.85 bits per heavy atom. The maximum Gasteiger partial charge on any atom is 0.270 e. The molecule has 1 unspecified atom stereocenters. The van der Waals surface area contributed by atoms with Crippen molar-refractivity contribution in [3.63, 3.8) is 0 Å². The molecule has 0 saturated carbocycles. The van der Waals surface area contributed by atoms with Gasteiger partial charge in [-0.1, -0.05) is 13.0 Å². The number of anilines is 1. The third-order valence-corrected chi connectivity index (χ3v) is 5.11. The number of non-ortho nitro benzene ring substituents is 1. The second kappa shape index (κ2) is 7.96. The lowest BCUT2D eigenvalue weighted by atomic mass is 10.1. The van der Waals surface area contributed by atoms with E-state index in [-0.39, 0.29) is 28.2 Å². The van der Waals surface area contributed by atoms with Crippen molar-refractivity contribution in [2.24, 2.45) is 0 Å². The molecule has 8 nitrogen and oxygen atoms in total. The van der Waals surface area contributed by atoms with Crippen LogP contribution in [0.15, 0.2) is 53.4 Å². The van der Waals surface area contributed by atoms with E-state index < -0.39 is 14.9 Å². The van der Waals surface area contributed by atoms with Crippen LogP contribution in [0.5, 0.6) is 0 Å². The van der Waals surface area contributed by atoms with Crippen LogP contribution in [0, 0.1) is 10.1 Å². The summed E-state index contributed by atoms with van der Waals surface area (Å²) in [5.41, 5.74) is 0.338. The Labute approximate surface area is 151 Å². The number of amides is 1. The number of sulfonamides is 1. The van der Waals surface area contributed by atoms with Crippen LogP contribution >= 0.6 is 0 Å². The number of nitro benzene ring substituents is 1. The zero-order valence-electron chi connectivity index (χ0n) is 14.3. The minimum absolute atomic E-state index is 0.0366. The quantitative estimate of drug-likeness (QED) is 0.568. The lowest BCUT2D eigenvalue weighted by Crippen LogP contribution is -2.31. The van der Waals surface area contributed by atoms with Gasteiger partial charge >= 0.3 is 0 Å². The molecule has 138 valence electrons. The van der Waals surface area contributed by atoms with E-state index >= 15 is 0 Å². The molecule has 0 fully saturated rings. The second-order valence-electron chi connectivity index (χ2n) is 5.72. The van der Waals surface area contributed by atoms with Crippen LogP contribution < -0.4 is 10.0 Å². The molecule has 2 aromatic carbocycles. The summed E-state index contributed by atoms with van der Waals surface area (Å²) in [7, 11) is -3.98. The molecule has 9 heteroatoms. The number of carbonyl (C=O) groups is 1. The Kier molecular flexibility index (Phi) is 5.93. The van der Waals surface area contributed by atoms with Gasteiger partial charge in [-0.25, -0.2) is 8.42 Å². The highest BCUT2D eigenvalue weighted by molar-refractivity contribution is 7.92. The van der Waals surface area contributed by atoms with Crippen molar-refractivity contribution in [3.8, 4) is 0 Å². The van der Waals surface area contributed by atoms with Crippen molar-refractivity contribution in [3.05, 3.63) is 64.2 Å². The van der Waals surface area contributed by atoms with Gasteiger partial charge < -0.3 is 5.32 Å². The molecule has 0 aliphatic heterocycles. The summed E-state index contributed by atoms with van der Waals surface area (Å²) in [4.78, 5) is 21.9. The van der Waals surface area contributed by atoms with E-state index in [1.54, 1.807) is 0 Å². The standard InChI is InChI=1S/C17H19N3O5S/c1-3-12(2)18-17(21)13-7-9-14(10-8-13)19-26(24,25)16-6-4-5-15(11-16)20(22)23/h4-12,19H,3H2,1-2H3,(H,18,21). The van der Waals surface area contributed by atoms with Gasteiger partial charge in [-0.05, 0) is 43.7 Å². The number of hydrogen-bond acceptors (Lipinski definition) is 5. The van der Waals surface area contributed by atoms with Gasteiger partial charge in [-0.15, -0.1) is 0 Å². The number of hydrogen-bond donors (Lipinski definition) is 2. The summed E-state index contributed by atoms with van der Waals surface area (Å²) in [5, 5.41) is 13.6. The highest BCUT2D eigenvalue weighted by Gasteiger charge is 2.18. The van der Waals surface area contributed by atoms with Gasteiger partial charge in [-0.2, -0.15) is 0 Å². The minimum Gasteiger partial charge on any atom is -0.350 e. The van der Waals surface area contributed by atoms with Crippen LogP contribution in [-0.4, -0.2) is 25.3 Å². The third kappa shape index (κ3) is 4.79. The molecular formula is C17H19N3O5S. The van der Waals surface area contributed by atoms with Crippen LogP contribution in [0.1, 0.15) is 30.6 Å². The Balaban J connectivity index is 2.16. The Morgan fingerprint density at radius 1 is 1.19 bits per heavy atom. The molecule has 2 aromatic rings. The molecule has 26 heavy (non-hydrogen) atoms. The molecule has 2 N–H and O–H groups in total. The van der Waals surface area contributed by atoms with Crippen molar-refractivity contribution in [2.75, 3.05) is 4.72 Å². The molecule has 1 amide bonds. The van der Waals surface area contributed by atoms with Crippen LogP contribution in [-0.2, 0) is 10.0 Å². The molecule has 0 aromatic heterocycles. The van der Waals surface area contributed by atoms with E-state index in [1.165, 1.54) is 42.5 Å². The van der Waals surface area contributed by atoms with Crippen molar-refractivity contribution >= 4 is 27.3 Å². The highest BCUT2D eigenvalue weighted by atomic mass is 32.2. The lowest BCUT2D eigenvalue weighted by molar-refractivity contribution is -0.385. The highest BCUT2D eigenvalue weighted by Crippen LogP contribution is 2.20. The molecule has 0 bridgehead atoms. The van der Waals surface area contributed by atoms with Crippen LogP contribution in [0.2, 0.25) is 0 Å². The van der Waals surface area contributed by atoms with E-state index in [4.69, 9.17) is 0 Å². The SMILES string of the molecule is CCC(C)NC(=O)c1ccc(NS(=O)(=O)c2cccc([N+](=O)[O-])c2)cc1.